The summed E-state index contributed by atoms with van der Waals surface area (Å²) in [6.45, 7) is 22.2. The molecule has 0 spiro atoms. The van der Waals surface area contributed by atoms with Gasteiger partial charge in [-0.15, -0.1) is 0 Å². The van der Waals surface area contributed by atoms with Crippen LogP contribution in [0.1, 0.15) is 121 Å². The van der Waals surface area contributed by atoms with E-state index in [1.165, 1.54) is 73.8 Å². The number of nitrogens with one attached hydrogen (secondary N) is 2. The molecule has 2 aromatic rings. The second kappa shape index (κ2) is 11.5. The van der Waals surface area contributed by atoms with Crippen molar-refractivity contribution in [2.75, 3.05) is 13.1 Å². The number of aromatic amines is 1. The zero-order valence-electron chi connectivity index (χ0n) is 29.9. The summed E-state index contributed by atoms with van der Waals surface area (Å²) in [5.41, 5.74) is 6.96. The number of hydrogen-bond acceptors (Lipinski definition) is 3. The molecule has 1 aromatic heterocycles. The molecule has 4 fully saturated rings. The van der Waals surface area contributed by atoms with Crippen LogP contribution >= 0.6 is 0 Å². The first-order valence-corrected chi connectivity index (χ1v) is 18.6. The van der Waals surface area contributed by atoms with Crippen molar-refractivity contribution in [2.24, 2.45) is 56.7 Å². The summed E-state index contributed by atoms with van der Waals surface area (Å²) in [7, 11) is 0. The topological polar surface area (TPSA) is 78.0 Å². The van der Waals surface area contributed by atoms with Gasteiger partial charge in [0.2, 0.25) is 0 Å². The van der Waals surface area contributed by atoms with Crippen molar-refractivity contribution >= 4 is 11.5 Å². The van der Waals surface area contributed by atoms with E-state index in [0.717, 1.165) is 37.8 Å². The van der Waals surface area contributed by atoms with E-state index < -0.39 is 5.97 Å². The highest BCUT2D eigenvalue weighted by molar-refractivity contribution is 5.88. The Morgan fingerprint density at radius 1 is 0.979 bits per heavy atom. The maximum atomic E-state index is 11.5. The molecule has 0 radical (unpaired) electrons. The minimum Gasteiger partial charge on any atom is -0.478 e. The second-order valence-corrected chi connectivity index (χ2v) is 18.0. The smallest absolute Gasteiger partial charge is 0.335 e. The van der Waals surface area contributed by atoms with Crippen molar-refractivity contribution in [2.45, 2.75) is 106 Å². The fourth-order valence-electron chi connectivity index (χ4n) is 13.5. The van der Waals surface area contributed by atoms with Gasteiger partial charge < -0.3 is 15.4 Å². The molecular weight excluding hydrogens is 578 g/mol. The Labute approximate surface area is 283 Å². The molecule has 0 amide bonds. The fraction of sp³-hybridized carbons (Fsp3) is 0.667. The van der Waals surface area contributed by atoms with Gasteiger partial charge in [-0.1, -0.05) is 65.0 Å². The van der Waals surface area contributed by atoms with Crippen molar-refractivity contribution in [3.8, 4) is 0 Å². The lowest BCUT2D eigenvalue weighted by molar-refractivity contribution is -0.225. The van der Waals surface area contributed by atoms with Crippen LogP contribution in [-0.4, -0.2) is 34.1 Å². The first-order chi connectivity index (χ1) is 22.3. The number of rotatable bonds is 8. The van der Waals surface area contributed by atoms with Gasteiger partial charge in [0.1, 0.15) is 0 Å². The molecule has 1 heterocycles. The van der Waals surface area contributed by atoms with Gasteiger partial charge in [-0.05, 0) is 145 Å². The van der Waals surface area contributed by atoms with Gasteiger partial charge in [0.05, 0.1) is 11.9 Å². The van der Waals surface area contributed by atoms with E-state index in [2.05, 4.69) is 69.5 Å². The Morgan fingerprint density at radius 2 is 1.74 bits per heavy atom. The van der Waals surface area contributed by atoms with E-state index >= 15 is 0 Å². The lowest BCUT2D eigenvalue weighted by atomic mass is 9.32. The van der Waals surface area contributed by atoms with Gasteiger partial charge in [0.15, 0.2) is 0 Å². The Bertz CT molecular complexity index is 1540. The minimum atomic E-state index is -0.856. The molecule has 5 nitrogen and oxygen atoms in total. The number of imidazole rings is 1. The van der Waals surface area contributed by atoms with Gasteiger partial charge in [-0.3, -0.25) is 0 Å². The molecule has 0 bridgehead atoms. The molecule has 47 heavy (non-hydrogen) atoms. The predicted molar refractivity (Wildman–Crippen MR) is 191 cm³/mol. The molecule has 0 saturated heterocycles. The highest BCUT2D eigenvalue weighted by Gasteiger charge is 2.70. The van der Waals surface area contributed by atoms with Gasteiger partial charge in [0, 0.05) is 31.4 Å². The Balaban J connectivity index is 1.17. The third-order valence-corrected chi connectivity index (χ3v) is 15.9. The van der Waals surface area contributed by atoms with Crippen LogP contribution in [0.3, 0.4) is 0 Å². The number of carboxylic acids is 1. The maximum Gasteiger partial charge on any atom is 0.335 e. The van der Waals surface area contributed by atoms with Crippen molar-refractivity contribution < 1.29 is 9.90 Å². The molecule has 0 aliphatic heterocycles. The third-order valence-electron chi connectivity index (χ3n) is 15.9. The van der Waals surface area contributed by atoms with Crippen molar-refractivity contribution in [3.63, 3.8) is 0 Å². The average molecular weight is 638 g/mol. The number of aromatic carboxylic acids is 1. The molecule has 9 atom stereocenters. The molecule has 1 aromatic carbocycles. The van der Waals surface area contributed by atoms with E-state index in [1.54, 1.807) is 18.5 Å². The number of fused-ring (bicyclic) bond motifs is 7. The summed E-state index contributed by atoms with van der Waals surface area (Å²) in [4.78, 5) is 19.0. The van der Waals surface area contributed by atoms with Gasteiger partial charge in [-0.25, -0.2) is 9.78 Å². The predicted octanol–water partition coefficient (Wildman–Crippen LogP) is 9.59. The third kappa shape index (κ3) is 4.87. The number of carboxylic acid groups (broad SMARTS) is 1. The van der Waals surface area contributed by atoms with Crippen LogP contribution in [0.4, 0.5) is 0 Å². The number of benzene rings is 1. The largest absolute Gasteiger partial charge is 0.478 e. The number of hydrogen-bond donors (Lipinski definition) is 3. The first-order valence-electron chi connectivity index (χ1n) is 18.6. The van der Waals surface area contributed by atoms with Gasteiger partial charge in [-0.2, -0.15) is 0 Å². The lowest BCUT2D eigenvalue weighted by Crippen LogP contribution is -2.65. The number of allylic oxidation sites excluding steroid dienone is 3. The SMILES string of the molecule is C=C(C)C1CCC2(CNCCc3cnc[nH]3)CCC3(C)C(CCC4C5(C)CC=C(c6ccc(C(=O)O)cc6)C(C)(C)C5CCC43C)C12. The minimum absolute atomic E-state index is 0.0386. The zero-order chi connectivity index (χ0) is 33.4. The van der Waals surface area contributed by atoms with Crippen LogP contribution in [0.5, 0.6) is 0 Å². The van der Waals surface area contributed by atoms with E-state index in [0.29, 0.717) is 39.6 Å². The molecule has 3 N–H and O–H groups in total. The normalized spacial score (nSPS) is 40.4. The zero-order valence-corrected chi connectivity index (χ0v) is 29.9. The summed E-state index contributed by atoms with van der Waals surface area (Å²) < 4.78 is 0. The Morgan fingerprint density at radius 3 is 2.43 bits per heavy atom. The molecule has 4 saturated carbocycles. The maximum absolute atomic E-state index is 11.5. The molecular formula is C42H59N3O2. The van der Waals surface area contributed by atoms with Crippen LogP contribution < -0.4 is 5.32 Å². The summed E-state index contributed by atoms with van der Waals surface area (Å²) in [6.07, 6.45) is 19.1. The van der Waals surface area contributed by atoms with Crippen molar-refractivity contribution in [1.29, 1.82) is 0 Å². The van der Waals surface area contributed by atoms with Gasteiger partial charge >= 0.3 is 5.97 Å². The standard InChI is InChI=1S/C42H59N3O2/c1-27(2)31-14-20-42(25-43-23-17-30-24-44-26-45-30)22-21-40(6)33(36(31)42)12-13-35-39(5)18-15-32(28-8-10-29(11-9-28)37(46)47)38(3,4)34(39)16-19-41(35,40)7/h8-11,15,24,26,31,33-36,43H,1,12-14,16-23,25H2,2-7H3,(H,44,45)(H,46,47). The monoisotopic (exact) mass is 637 g/mol. The van der Waals surface area contributed by atoms with Crippen LogP contribution in [0.15, 0.2) is 55.0 Å². The average Bonchev–Trinajstić information content (AvgIpc) is 3.68. The van der Waals surface area contributed by atoms with Crippen molar-refractivity contribution in [3.05, 3.63) is 71.8 Å². The van der Waals surface area contributed by atoms with E-state index in [4.69, 9.17) is 0 Å². The number of nitrogens with zero attached hydrogens (tertiary/aromatic N) is 1. The van der Waals surface area contributed by atoms with Crippen LogP contribution in [0, 0.1) is 56.7 Å². The Kier molecular flexibility index (Phi) is 8.01. The summed E-state index contributed by atoms with van der Waals surface area (Å²) >= 11 is 0. The summed E-state index contributed by atoms with van der Waals surface area (Å²) in [6, 6.07) is 7.64. The van der Waals surface area contributed by atoms with E-state index in [9.17, 15) is 9.90 Å². The summed E-state index contributed by atoms with van der Waals surface area (Å²) in [5, 5.41) is 13.4. The molecule has 5 aliphatic rings. The molecule has 5 aliphatic carbocycles. The molecule has 254 valence electrons. The number of carbonyl (C=O) groups is 1. The van der Waals surface area contributed by atoms with Crippen LogP contribution in [-0.2, 0) is 6.42 Å². The molecule has 7 rings (SSSR count). The lowest BCUT2D eigenvalue weighted by Gasteiger charge is -2.72. The van der Waals surface area contributed by atoms with Crippen LogP contribution in [0.2, 0.25) is 0 Å². The first kappa shape index (κ1) is 32.9. The summed E-state index contributed by atoms with van der Waals surface area (Å²) in [5.74, 6) is 2.60. The number of H-pyrrole nitrogens is 1. The highest BCUT2D eigenvalue weighted by atomic mass is 16.4. The quantitative estimate of drug-likeness (QED) is 0.199. The van der Waals surface area contributed by atoms with Crippen LogP contribution in [0.25, 0.3) is 5.57 Å². The van der Waals surface area contributed by atoms with Crippen molar-refractivity contribution in [1.82, 2.24) is 15.3 Å². The molecule has 5 heteroatoms. The highest BCUT2D eigenvalue weighted by Crippen LogP contribution is 2.77. The van der Waals surface area contributed by atoms with E-state index in [-0.39, 0.29) is 10.8 Å². The molecule has 9 unspecified atom stereocenters. The fourth-order valence-corrected chi connectivity index (χ4v) is 13.5. The second-order valence-electron chi connectivity index (χ2n) is 18.0. The number of aromatic nitrogens is 2. The van der Waals surface area contributed by atoms with E-state index in [1.807, 2.05) is 18.3 Å². The Hall–Kier alpha value is -2.66. The van der Waals surface area contributed by atoms with Gasteiger partial charge in [0.25, 0.3) is 0 Å².